The summed E-state index contributed by atoms with van der Waals surface area (Å²) in [6.45, 7) is 0. The number of rotatable bonds is 3. The summed E-state index contributed by atoms with van der Waals surface area (Å²) in [5.74, 6) is 4.86. The highest BCUT2D eigenvalue weighted by Crippen LogP contribution is 2.69. The highest BCUT2D eigenvalue weighted by atomic mass is 16.3. The lowest BCUT2D eigenvalue weighted by molar-refractivity contribution is -0.0415. The Morgan fingerprint density at radius 2 is 1.19 bits per heavy atom. The summed E-state index contributed by atoms with van der Waals surface area (Å²) in [5.41, 5.74) is 9.65. The standard InChI is InChI=1S/C42H32N4O/c1-2-9-26(10-3-1)39-44-40(33-14-8-13-31-30-12-5-7-16-36(30)47-37(31)33)46-41(45-39)35-18-17-32-29-11-4-6-15-34(29)42(38(32)43-35)27-20-24-19-25(22-27)23-28(42)21-24/h1-18,24-25,27-28H,19-23H2. The smallest absolute Gasteiger partial charge is 0.182 e. The molecule has 226 valence electrons. The Bertz CT molecular complexity index is 2360. The number of benzene rings is 4. The van der Waals surface area contributed by atoms with Gasteiger partial charge in [-0.25, -0.2) is 19.9 Å². The predicted molar refractivity (Wildman–Crippen MR) is 184 cm³/mol. The van der Waals surface area contributed by atoms with Crippen LogP contribution < -0.4 is 0 Å². The van der Waals surface area contributed by atoms with Crippen molar-refractivity contribution in [1.29, 1.82) is 0 Å². The molecule has 4 saturated carbocycles. The van der Waals surface area contributed by atoms with Gasteiger partial charge in [-0.05, 0) is 85.1 Å². The van der Waals surface area contributed by atoms with Crippen LogP contribution in [-0.2, 0) is 5.41 Å². The van der Waals surface area contributed by atoms with Crippen molar-refractivity contribution < 1.29 is 4.42 Å². The molecule has 5 aliphatic carbocycles. The average Bonchev–Trinajstić information content (AvgIpc) is 3.64. The molecular formula is C42H32N4O. The van der Waals surface area contributed by atoms with Crippen LogP contribution in [0.4, 0.5) is 0 Å². The monoisotopic (exact) mass is 608 g/mol. The molecule has 0 atom stereocenters. The molecule has 4 fully saturated rings. The Morgan fingerprint density at radius 1 is 0.511 bits per heavy atom. The van der Waals surface area contributed by atoms with Crippen molar-refractivity contribution in [3.8, 4) is 45.4 Å². The maximum absolute atomic E-state index is 6.44. The summed E-state index contributed by atoms with van der Waals surface area (Å²) in [7, 11) is 0. The van der Waals surface area contributed by atoms with Crippen LogP contribution in [0.3, 0.4) is 0 Å². The Hall–Kier alpha value is -5.16. The summed E-state index contributed by atoms with van der Waals surface area (Å²) in [6.07, 6.45) is 6.72. The minimum Gasteiger partial charge on any atom is -0.455 e. The van der Waals surface area contributed by atoms with Gasteiger partial charge in [-0.2, -0.15) is 0 Å². The first-order valence-corrected chi connectivity index (χ1v) is 17.1. The van der Waals surface area contributed by atoms with Gasteiger partial charge in [0.05, 0.1) is 11.3 Å². The van der Waals surface area contributed by atoms with E-state index in [1.165, 1.54) is 54.5 Å². The fraction of sp³-hybridized carbons (Fsp3) is 0.238. The SMILES string of the molecule is c1ccc(-c2nc(-c3ccc4c(n3)C3(c5ccccc5-4)C4CC5CC(C4)CC3C5)nc(-c3cccc4c3oc3ccccc34)n2)cc1. The van der Waals surface area contributed by atoms with Crippen molar-refractivity contribution in [2.24, 2.45) is 23.7 Å². The van der Waals surface area contributed by atoms with Gasteiger partial charge in [0.1, 0.15) is 16.9 Å². The molecule has 0 amide bonds. The minimum atomic E-state index is -0.0205. The lowest BCUT2D eigenvalue weighted by Crippen LogP contribution is -2.55. The van der Waals surface area contributed by atoms with E-state index in [1.807, 2.05) is 36.4 Å². The zero-order valence-corrected chi connectivity index (χ0v) is 25.9. The molecule has 12 rings (SSSR count). The second kappa shape index (κ2) is 9.45. The molecule has 0 aliphatic heterocycles. The molecule has 7 aromatic rings. The van der Waals surface area contributed by atoms with Crippen LogP contribution in [0.2, 0.25) is 0 Å². The van der Waals surface area contributed by atoms with E-state index in [1.54, 1.807) is 0 Å². The summed E-state index contributed by atoms with van der Waals surface area (Å²) in [4.78, 5) is 21.0. The van der Waals surface area contributed by atoms with Gasteiger partial charge in [0, 0.05) is 27.3 Å². The number of nitrogens with zero attached hydrogens (tertiary/aromatic N) is 4. The van der Waals surface area contributed by atoms with Crippen LogP contribution in [0.15, 0.2) is 114 Å². The Morgan fingerprint density at radius 3 is 2.04 bits per heavy atom. The fourth-order valence-electron chi connectivity index (χ4n) is 10.3. The van der Waals surface area contributed by atoms with Crippen LogP contribution in [0.25, 0.3) is 67.4 Å². The third kappa shape index (κ3) is 3.54. The second-order valence-electron chi connectivity index (χ2n) is 14.3. The average molecular weight is 609 g/mol. The first-order valence-electron chi connectivity index (χ1n) is 17.1. The van der Waals surface area contributed by atoms with E-state index < -0.39 is 0 Å². The predicted octanol–water partition coefficient (Wildman–Crippen LogP) is 9.89. The third-order valence-corrected chi connectivity index (χ3v) is 11.9. The number of para-hydroxylation sites is 2. The minimum absolute atomic E-state index is 0.0205. The highest BCUT2D eigenvalue weighted by molar-refractivity contribution is 6.09. The number of fused-ring (bicyclic) bond motifs is 6. The van der Waals surface area contributed by atoms with Crippen molar-refractivity contribution in [1.82, 2.24) is 19.9 Å². The molecule has 5 heteroatoms. The van der Waals surface area contributed by atoms with E-state index >= 15 is 0 Å². The van der Waals surface area contributed by atoms with Gasteiger partial charge in [-0.15, -0.1) is 0 Å². The zero-order chi connectivity index (χ0) is 30.7. The topological polar surface area (TPSA) is 64.7 Å². The van der Waals surface area contributed by atoms with Crippen LogP contribution in [-0.4, -0.2) is 19.9 Å². The van der Waals surface area contributed by atoms with E-state index in [9.17, 15) is 0 Å². The van der Waals surface area contributed by atoms with E-state index in [0.29, 0.717) is 29.3 Å². The molecule has 47 heavy (non-hydrogen) atoms. The van der Waals surface area contributed by atoms with Crippen LogP contribution in [0.5, 0.6) is 0 Å². The molecule has 4 aromatic carbocycles. The number of furan rings is 1. The Kier molecular flexibility index (Phi) is 5.22. The molecule has 0 saturated heterocycles. The lowest BCUT2D eigenvalue weighted by atomic mass is 9.43. The van der Waals surface area contributed by atoms with Gasteiger partial charge in [0.2, 0.25) is 0 Å². The lowest BCUT2D eigenvalue weighted by Gasteiger charge is -2.60. The van der Waals surface area contributed by atoms with Crippen molar-refractivity contribution >= 4 is 21.9 Å². The Balaban J connectivity index is 1.13. The number of hydrogen-bond donors (Lipinski definition) is 0. The molecule has 3 heterocycles. The number of pyridine rings is 1. The van der Waals surface area contributed by atoms with E-state index in [0.717, 1.165) is 50.6 Å². The van der Waals surface area contributed by atoms with Gasteiger partial charge < -0.3 is 4.42 Å². The Labute approximate surface area is 272 Å². The molecule has 3 aromatic heterocycles. The third-order valence-electron chi connectivity index (χ3n) is 11.9. The van der Waals surface area contributed by atoms with Crippen LogP contribution in [0, 0.1) is 23.7 Å². The first-order chi connectivity index (χ1) is 23.2. The van der Waals surface area contributed by atoms with Gasteiger partial charge in [0.15, 0.2) is 17.5 Å². The molecule has 0 radical (unpaired) electrons. The quantitative estimate of drug-likeness (QED) is 0.200. The van der Waals surface area contributed by atoms with E-state index in [4.69, 9.17) is 24.4 Å². The van der Waals surface area contributed by atoms with E-state index in [2.05, 4.69) is 72.8 Å². The summed E-state index contributed by atoms with van der Waals surface area (Å²) in [6, 6.07) is 38.1. The van der Waals surface area contributed by atoms with Gasteiger partial charge >= 0.3 is 0 Å². The van der Waals surface area contributed by atoms with Crippen molar-refractivity contribution in [2.75, 3.05) is 0 Å². The molecule has 4 bridgehead atoms. The van der Waals surface area contributed by atoms with Crippen molar-refractivity contribution in [3.63, 3.8) is 0 Å². The second-order valence-corrected chi connectivity index (χ2v) is 14.3. The highest BCUT2D eigenvalue weighted by Gasteiger charge is 2.62. The summed E-state index contributed by atoms with van der Waals surface area (Å²) < 4.78 is 6.44. The van der Waals surface area contributed by atoms with Crippen molar-refractivity contribution in [2.45, 2.75) is 37.5 Å². The van der Waals surface area contributed by atoms with Crippen LogP contribution >= 0.6 is 0 Å². The maximum atomic E-state index is 6.44. The largest absolute Gasteiger partial charge is 0.455 e. The van der Waals surface area contributed by atoms with E-state index in [-0.39, 0.29) is 5.41 Å². The zero-order valence-electron chi connectivity index (χ0n) is 25.9. The fourth-order valence-corrected chi connectivity index (χ4v) is 10.3. The molecule has 1 spiro atoms. The first kappa shape index (κ1) is 26.0. The van der Waals surface area contributed by atoms with Gasteiger partial charge in [0.25, 0.3) is 0 Å². The number of aromatic nitrogens is 4. The molecular weight excluding hydrogens is 576 g/mol. The maximum Gasteiger partial charge on any atom is 0.182 e. The van der Waals surface area contributed by atoms with Gasteiger partial charge in [-0.1, -0.05) is 91.0 Å². The summed E-state index contributed by atoms with van der Waals surface area (Å²) >= 11 is 0. The van der Waals surface area contributed by atoms with Crippen molar-refractivity contribution in [3.05, 3.63) is 120 Å². The normalized spacial score (nSPS) is 25.1. The molecule has 0 unspecified atom stereocenters. The summed E-state index contributed by atoms with van der Waals surface area (Å²) in [5, 5.41) is 2.14. The molecule has 0 N–H and O–H groups in total. The molecule has 5 nitrogen and oxygen atoms in total. The number of hydrogen-bond acceptors (Lipinski definition) is 5. The molecule has 5 aliphatic rings. The van der Waals surface area contributed by atoms with Crippen LogP contribution in [0.1, 0.15) is 43.4 Å². The van der Waals surface area contributed by atoms with Gasteiger partial charge in [-0.3, -0.25) is 0 Å².